The van der Waals surface area contributed by atoms with Gasteiger partial charge in [0.15, 0.2) is 0 Å². The van der Waals surface area contributed by atoms with Crippen LogP contribution in [0.5, 0.6) is 0 Å². The van der Waals surface area contributed by atoms with Crippen LogP contribution in [-0.4, -0.2) is 37.0 Å². The van der Waals surface area contributed by atoms with Gasteiger partial charge in [0.2, 0.25) is 5.91 Å². The van der Waals surface area contributed by atoms with Crippen LogP contribution in [-0.2, 0) is 4.79 Å². The fraction of sp³-hybridized carbons (Fsp3) is 0.588. The van der Waals surface area contributed by atoms with Crippen LogP contribution in [0, 0.1) is 0 Å². The van der Waals surface area contributed by atoms with Crippen molar-refractivity contribution in [3.05, 3.63) is 35.9 Å². The number of rotatable bonds is 4. The highest BCUT2D eigenvalue weighted by Gasteiger charge is 2.27. The Hall–Kier alpha value is -1.35. The van der Waals surface area contributed by atoms with Crippen LogP contribution < -0.4 is 5.32 Å². The Morgan fingerprint density at radius 1 is 1.30 bits per heavy atom. The van der Waals surface area contributed by atoms with Crippen LogP contribution in [0.2, 0.25) is 0 Å². The first-order valence-electron chi connectivity index (χ1n) is 7.76. The molecule has 1 aromatic carbocycles. The molecule has 2 atom stereocenters. The highest BCUT2D eigenvalue weighted by molar-refractivity contribution is 5.83. The number of carbonyl (C=O) groups is 1. The first kappa shape index (κ1) is 15.0. The third-order valence-corrected chi connectivity index (χ3v) is 4.35. The minimum absolute atomic E-state index is 0.00240. The highest BCUT2D eigenvalue weighted by Crippen LogP contribution is 2.24. The van der Waals surface area contributed by atoms with Crippen LogP contribution in [0.25, 0.3) is 0 Å². The summed E-state index contributed by atoms with van der Waals surface area (Å²) < 4.78 is 0. The molecular weight excluding hydrogens is 248 g/mol. The molecule has 0 saturated carbocycles. The van der Waals surface area contributed by atoms with Crippen LogP contribution in [0.1, 0.15) is 44.1 Å². The summed E-state index contributed by atoms with van der Waals surface area (Å²) in [7, 11) is 1.98. The molecule has 2 rings (SSSR count). The minimum Gasteiger partial charge on any atom is -0.342 e. The van der Waals surface area contributed by atoms with E-state index in [0.717, 1.165) is 44.3 Å². The van der Waals surface area contributed by atoms with Gasteiger partial charge in [0.1, 0.15) is 0 Å². The van der Waals surface area contributed by atoms with E-state index in [0.29, 0.717) is 6.04 Å². The van der Waals surface area contributed by atoms with Crippen LogP contribution >= 0.6 is 0 Å². The molecule has 1 saturated heterocycles. The van der Waals surface area contributed by atoms with Crippen molar-refractivity contribution in [3.8, 4) is 0 Å². The van der Waals surface area contributed by atoms with Gasteiger partial charge in [-0.1, -0.05) is 37.3 Å². The van der Waals surface area contributed by atoms with Gasteiger partial charge in [0.05, 0.1) is 5.92 Å². The molecule has 1 aliphatic rings. The lowest BCUT2D eigenvalue weighted by Gasteiger charge is -2.30. The Labute approximate surface area is 122 Å². The molecule has 20 heavy (non-hydrogen) atoms. The van der Waals surface area contributed by atoms with E-state index >= 15 is 0 Å². The van der Waals surface area contributed by atoms with E-state index in [1.807, 2.05) is 30.1 Å². The van der Waals surface area contributed by atoms with Crippen LogP contribution in [0.4, 0.5) is 0 Å². The molecule has 0 bridgehead atoms. The Balaban J connectivity index is 2.07. The Morgan fingerprint density at radius 2 is 2.05 bits per heavy atom. The summed E-state index contributed by atoms with van der Waals surface area (Å²) in [6.07, 6.45) is 4.19. The highest BCUT2D eigenvalue weighted by atomic mass is 16.2. The van der Waals surface area contributed by atoms with Crippen LogP contribution in [0.15, 0.2) is 30.3 Å². The maximum absolute atomic E-state index is 12.8. The van der Waals surface area contributed by atoms with E-state index in [-0.39, 0.29) is 11.8 Å². The van der Waals surface area contributed by atoms with E-state index in [4.69, 9.17) is 0 Å². The fourth-order valence-corrected chi connectivity index (χ4v) is 3.05. The fourth-order valence-electron chi connectivity index (χ4n) is 3.05. The molecule has 1 fully saturated rings. The zero-order chi connectivity index (χ0) is 14.4. The van der Waals surface area contributed by atoms with Gasteiger partial charge in [0.25, 0.3) is 0 Å². The molecule has 1 amide bonds. The minimum atomic E-state index is -0.00240. The van der Waals surface area contributed by atoms with Crippen molar-refractivity contribution in [1.29, 1.82) is 0 Å². The number of carbonyl (C=O) groups excluding carboxylic acids is 1. The summed E-state index contributed by atoms with van der Waals surface area (Å²) in [4.78, 5) is 14.8. The molecule has 110 valence electrons. The second-order valence-electron chi connectivity index (χ2n) is 5.66. The molecule has 3 heteroatoms. The number of amides is 1. The average Bonchev–Trinajstić information content (AvgIpc) is 2.77. The maximum atomic E-state index is 12.8. The van der Waals surface area contributed by atoms with Gasteiger partial charge < -0.3 is 10.2 Å². The third-order valence-electron chi connectivity index (χ3n) is 4.35. The SMILES string of the molecule is CCC(C(=O)N(C)C1CCCNCC1)c1ccccc1. The molecule has 3 nitrogen and oxygen atoms in total. The smallest absolute Gasteiger partial charge is 0.230 e. The third kappa shape index (κ3) is 3.60. The molecule has 1 aromatic rings. The van der Waals surface area contributed by atoms with Crippen molar-refractivity contribution in [2.75, 3.05) is 20.1 Å². The largest absolute Gasteiger partial charge is 0.342 e. The summed E-state index contributed by atoms with van der Waals surface area (Å²) in [5.74, 6) is 0.267. The quantitative estimate of drug-likeness (QED) is 0.915. The van der Waals surface area contributed by atoms with Crippen molar-refractivity contribution in [2.24, 2.45) is 0 Å². The van der Waals surface area contributed by atoms with Crippen molar-refractivity contribution in [1.82, 2.24) is 10.2 Å². The number of hydrogen-bond acceptors (Lipinski definition) is 2. The van der Waals surface area contributed by atoms with Gasteiger partial charge in [-0.2, -0.15) is 0 Å². The first-order chi connectivity index (χ1) is 9.74. The second-order valence-corrected chi connectivity index (χ2v) is 5.66. The predicted molar refractivity (Wildman–Crippen MR) is 82.8 cm³/mol. The lowest BCUT2D eigenvalue weighted by Crippen LogP contribution is -2.40. The first-order valence-corrected chi connectivity index (χ1v) is 7.76. The molecule has 2 unspecified atom stereocenters. The van der Waals surface area contributed by atoms with Crippen molar-refractivity contribution in [2.45, 2.75) is 44.6 Å². The standard InChI is InChI=1S/C17H26N2O/c1-3-16(14-8-5-4-6-9-14)17(20)19(2)15-10-7-12-18-13-11-15/h4-6,8-9,15-16,18H,3,7,10-13H2,1-2H3. The van der Waals surface area contributed by atoms with Crippen molar-refractivity contribution >= 4 is 5.91 Å². The zero-order valence-electron chi connectivity index (χ0n) is 12.6. The number of nitrogens with zero attached hydrogens (tertiary/aromatic N) is 1. The lowest BCUT2D eigenvalue weighted by atomic mass is 9.94. The Kier molecular flexibility index (Phi) is 5.60. The summed E-state index contributed by atoms with van der Waals surface area (Å²) in [5.41, 5.74) is 1.14. The predicted octanol–water partition coefficient (Wildman–Crippen LogP) is 2.78. The number of likely N-dealkylation sites (N-methyl/N-ethyl adjacent to an activating group) is 1. The maximum Gasteiger partial charge on any atom is 0.230 e. The van der Waals surface area contributed by atoms with E-state index in [2.05, 4.69) is 24.4 Å². The molecule has 0 radical (unpaired) electrons. The van der Waals surface area contributed by atoms with Gasteiger partial charge >= 0.3 is 0 Å². The summed E-state index contributed by atoms with van der Waals surface area (Å²) in [5, 5.41) is 3.41. The summed E-state index contributed by atoms with van der Waals surface area (Å²) in [6.45, 7) is 4.19. The molecule has 1 heterocycles. The second kappa shape index (κ2) is 7.44. The van der Waals surface area contributed by atoms with Crippen molar-refractivity contribution in [3.63, 3.8) is 0 Å². The van der Waals surface area contributed by atoms with E-state index in [1.165, 1.54) is 0 Å². The van der Waals surface area contributed by atoms with Gasteiger partial charge in [-0.15, -0.1) is 0 Å². The zero-order valence-corrected chi connectivity index (χ0v) is 12.6. The van der Waals surface area contributed by atoms with Gasteiger partial charge in [-0.25, -0.2) is 0 Å². The lowest BCUT2D eigenvalue weighted by molar-refractivity contribution is -0.133. The topological polar surface area (TPSA) is 32.3 Å². The molecule has 0 aliphatic carbocycles. The van der Waals surface area contributed by atoms with Crippen molar-refractivity contribution < 1.29 is 4.79 Å². The van der Waals surface area contributed by atoms with E-state index in [1.54, 1.807) is 0 Å². The average molecular weight is 274 g/mol. The molecule has 0 spiro atoms. The summed E-state index contributed by atoms with van der Waals surface area (Å²) in [6, 6.07) is 10.5. The Morgan fingerprint density at radius 3 is 2.75 bits per heavy atom. The van der Waals surface area contributed by atoms with E-state index in [9.17, 15) is 4.79 Å². The Bertz CT molecular complexity index is 410. The number of benzene rings is 1. The number of nitrogens with one attached hydrogen (secondary N) is 1. The normalized spacial score (nSPS) is 21.0. The molecule has 1 N–H and O–H groups in total. The van der Waals surface area contributed by atoms with Crippen LogP contribution in [0.3, 0.4) is 0 Å². The molecular formula is C17H26N2O. The molecule has 1 aliphatic heterocycles. The molecule has 0 aromatic heterocycles. The number of hydrogen-bond donors (Lipinski definition) is 1. The van der Waals surface area contributed by atoms with Gasteiger partial charge in [-0.3, -0.25) is 4.79 Å². The van der Waals surface area contributed by atoms with Gasteiger partial charge in [-0.05, 0) is 44.3 Å². The van der Waals surface area contributed by atoms with Gasteiger partial charge in [0, 0.05) is 13.1 Å². The van der Waals surface area contributed by atoms with E-state index < -0.39 is 0 Å². The summed E-state index contributed by atoms with van der Waals surface area (Å²) >= 11 is 0. The monoisotopic (exact) mass is 274 g/mol.